The molecule has 0 unspecified atom stereocenters. The highest BCUT2D eigenvalue weighted by atomic mass is 15.1. The first kappa shape index (κ1) is 44.2. The van der Waals surface area contributed by atoms with Gasteiger partial charge in [-0.2, -0.15) is 0 Å². The molecule has 0 N–H and O–H groups in total. The molecule has 1 aliphatic carbocycles. The fourth-order valence-corrected chi connectivity index (χ4v) is 12.1. The molecular formula is C65H66N2. The molecule has 2 heteroatoms. The molecule has 0 aromatic heterocycles. The van der Waals surface area contributed by atoms with Crippen molar-refractivity contribution in [3.63, 3.8) is 0 Å². The van der Waals surface area contributed by atoms with Gasteiger partial charge in [0.15, 0.2) is 0 Å². The molecule has 0 radical (unpaired) electrons. The van der Waals surface area contributed by atoms with Gasteiger partial charge in [-0.15, -0.1) is 0 Å². The molecule has 0 fully saturated rings. The quantitative estimate of drug-likeness (QED) is 0.154. The predicted molar refractivity (Wildman–Crippen MR) is 291 cm³/mol. The number of rotatable bonds is 6. The number of nitrogens with zero attached hydrogens (tertiary/aromatic N) is 2. The van der Waals surface area contributed by atoms with Crippen LogP contribution in [0.25, 0.3) is 43.4 Å². The maximum atomic E-state index is 2.60. The van der Waals surface area contributed by atoms with Gasteiger partial charge in [0.05, 0.1) is 5.69 Å². The third-order valence-corrected chi connectivity index (χ3v) is 14.8. The van der Waals surface area contributed by atoms with Crippen molar-refractivity contribution in [1.82, 2.24) is 0 Å². The maximum absolute atomic E-state index is 2.60. The van der Waals surface area contributed by atoms with Crippen LogP contribution in [-0.4, -0.2) is 0 Å². The van der Waals surface area contributed by atoms with Crippen LogP contribution in [-0.2, 0) is 16.2 Å². The summed E-state index contributed by atoms with van der Waals surface area (Å²) in [6.07, 6.45) is 0. The van der Waals surface area contributed by atoms with Crippen LogP contribution in [0.2, 0.25) is 0 Å². The molecule has 0 saturated heterocycles. The van der Waals surface area contributed by atoms with E-state index in [9.17, 15) is 0 Å². The molecule has 2 nitrogen and oxygen atoms in total. The Morgan fingerprint density at radius 3 is 1.21 bits per heavy atom. The van der Waals surface area contributed by atoms with Crippen molar-refractivity contribution < 1.29 is 0 Å². The highest BCUT2D eigenvalue weighted by Crippen LogP contribution is 2.69. The smallest absolute Gasteiger partial charge is 0.0543 e. The fourth-order valence-electron chi connectivity index (χ4n) is 12.1. The number of anilines is 6. The number of hydrogen-bond donors (Lipinski definition) is 0. The minimum absolute atomic E-state index is 0.0466. The van der Waals surface area contributed by atoms with Gasteiger partial charge in [-0.1, -0.05) is 198 Å². The van der Waals surface area contributed by atoms with Gasteiger partial charge in [0.2, 0.25) is 0 Å². The highest BCUT2D eigenvalue weighted by Gasteiger charge is 2.59. The van der Waals surface area contributed by atoms with Crippen molar-refractivity contribution in [2.24, 2.45) is 10.8 Å². The molecule has 0 aliphatic heterocycles. The Bertz CT molecular complexity index is 3280. The first-order valence-corrected chi connectivity index (χ1v) is 24.3. The lowest BCUT2D eigenvalue weighted by Gasteiger charge is -2.53. The first-order valence-electron chi connectivity index (χ1n) is 24.3. The normalized spacial score (nSPS) is 13.8. The zero-order valence-corrected chi connectivity index (χ0v) is 41.7. The van der Waals surface area contributed by atoms with E-state index in [4.69, 9.17) is 0 Å². The minimum atomic E-state index is -0.423. The summed E-state index contributed by atoms with van der Waals surface area (Å²) in [7, 11) is 0. The van der Waals surface area contributed by atoms with E-state index >= 15 is 0 Å². The molecule has 67 heavy (non-hydrogen) atoms. The summed E-state index contributed by atoms with van der Waals surface area (Å²) in [5.41, 5.74) is 14.4. The lowest BCUT2D eigenvalue weighted by molar-refractivity contribution is 0.0965. The summed E-state index contributed by atoms with van der Waals surface area (Å²) in [6, 6.07) is 68.6. The number of fused-ring (bicyclic) bond motifs is 10. The second kappa shape index (κ2) is 15.7. The number of benzene rings is 9. The van der Waals surface area contributed by atoms with Crippen molar-refractivity contribution in [3.05, 3.63) is 204 Å². The van der Waals surface area contributed by atoms with E-state index in [1.807, 2.05) is 0 Å². The minimum Gasteiger partial charge on any atom is -0.310 e. The summed E-state index contributed by atoms with van der Waals surface area (Å²) in [4.78, 5) is 4.93. The summed E-state index contributed by atoms with van der Waals surface area (Å²) in [5.74, 6) is 0. The summed E-state index contributed by atoms with van der Waals surface area (Å²) < 4.78 is 0. The molecule has 0 saturated carbocycles. The van der Waals surface area contributed by atoms with Crippen LogP contribution in [0, 0.1) is 10.8 Å². The molecule has 0 heterocycles. The average Bonchev–Trinajstić information content (AvgIpc) is 3.63. The zero-order valence-electron chi connectivity index (χ0n) is 41.7. The third-order valence-electron chi connectivity index (χ3n) is 14.8. The van der Waals surface area contributed by atoms with E-state index < -0.39 is 5.41 Å². The Morgan fingerprint density at radius 1 is 0.313 bits per heavy atom. The van der Waals surface area contributed by atoms with E-state index in [2.05, 4.69) is 275 Å². The molecular weight excluding hydrogens is 809 g/mol. The topological polar surface area (TPSA) is 6.48 Å². The standard InChI is InChI=1S/C65H66N2/c1-61(2,3)43-31-35-47(36-32-43)66(45-23-15-13-16-24-45)49-39-40-54-55(41-49)50-27-19-21-29-52(50)59-58-53-30-22-20-28-51(53)57(42-56(58)65(60(54)59,63(7,8)9)64(10,11)12)67(46-25-17-14-18-26-46)48-37-33-44(34-38-48)62(4,5)6/h13-42H,1-12H3. The lowest BCUT2D eigenvalue weighted by atomic mass is 9.49. The van der Waals surface area contributed by atoms with Crippen molar-refractivity contribution in [2.45, 2.75) is 99.3 Å². The van der Waals surface area contributed by atoms with Crippen molar-refractivity contribution in [3.8, 4) is 11.1 Å². The Labute approximate surface area is 399 Å². The summed E-state index contributed by atoms with van der Waals surface area (Å²) >= 11 is 0. The Hall–Kier alpha value is -6.64. The van der Waals surface area contributed by atoms with Gasteiger partial charge in [0, 0.05) is 39.2 Å². The van der Waals surface area contributed by atoms with Crippen molar-refractivity contribution >= 4 is 66.4 Å². The molecule has 10 rings (SSSR count). The van der Waals surface area contributed by atoms with E-state index in [0.717, 1.165) is 28.4 Å². The van der Waals surface area contributed by atoms with Crippen LogP contribution in [0.15, 0.2) is 182 Å². The van der Waals surface area contributed by atoms with Crippen molar-refractivity contribution in [1.29, 1.82) is 0 Å². The number of hydrogen-bond acceptors (Lipinski definition) is 2. The van der Waals surface area contributed by atoms with Gasteiger partial charge in [-0.25, -0.2) is 0 Å². The summed E-state index contributed by atoms with van der Waals surface area (Å²) in [5, 5.41) is 7.70. The monoisotopic (exact) mass is 875 g/mol. The van der Waals surface area contributed by atoms with Gasteiger partial charge < -0.3 is 9.80 Å². The fraction of sp³-hybridized carbons (Fsp3) is 0.262. The molecule has 0 spiro atoms. The third kappa shape index (κ3) is 7.06. The van der Waals surface area contributed by atoms with Gasteiger partial charge in [-0.3, -0.25) is 0 Å². The van der Waals surface area contributed by atoms with E-state index in [1.54, 1.807) is 0 Å². The van der Waals surface area contributed by atoms with Crippen LogP contribution in [0.5, 0.6) is 0 Å². The number of para-hydroxylation sites is 2. The Kier molecular flexibility index (Phi) is 10.4. The van der Waals surface area contributed by atoms with Gasteiger partial charge in [-0.05, 0) is 149 Å². The van der Waals surface area contributed by atoms with Crippen molar-refractivity contribution in [2.75, 3.05) is 9.80 Å². The van der Waals surface area contributed by atoms with Crippen LogP contribution < -0.4 is 9.80 Å². The highest BCUT2D eigenvalue weighted by molar-refractivity contribution is 6.23. The first-order chi connectivity index (χ1) is 31.8. The van der Waals surface area contributed by atoms with Crippen LogP contribution in [0.3, 0.4) is 0 Å². The molecule has 9 aromatic rings. The second-order valence-corrected chi connectivity index (χ2v) is 23.1. The van der Waals surface area contributed by atoms with Gasteiger partial charge >= 0.3 is 0 Å². The predicted octanol–water partition coefficient (Wildman–Crippen LogP) is 19.0. The average molecular weight is 875 g/mol. The maximum Gasteiger partial charge on any atom is 0.0543 e. The summed E-state index contributed by atoms with van der Waals surface area (Å²) in [6.45, 7) is 28.6. The van der Waals surface area contributed by atoms with Crippen LogP contribution in [0.1, 0.15) is 105 Å². The zero-order chi connectivity index (χ0) is 47.3. The van der Waals surface area contributed by atoms with Crippen LogP contribution >= 0.6 is 0 Å². The lowest BCUT2D eigenvalue weighted by Crippen LogP contribution is -2.50. The van der Waals surface area contributed by atoms with E-state index in [1.165, 1.54) is 71.4 Å². The largest absolute Gasteiger partial charge is 0.310 e. The second-order valence-electron chi connectivity index (χ2n) is 23.1. The van der Waals surface area contributed by atoms with Gasteiger partial charge in [0.25, 0.3) is 0 Å². The Morgan fingerprint density at radius 2 is 0.716 bits per heavy atom. The molecule has 336 valence electrons. The van der Waals surface area contributed by atoms with Gasteiger partial charge in [0.1, 0.15) is 0 Å². The SMILES string of the molecule is CC(C)(C)c1ccc(N(c2ccccc2)c2ccc3c4c(c5ccccc5c3c2)-c2c(cc(N(c3ccccc3)c3ccc(C(C)(C)C)cc3)c3ccccc23)C4(C(C)(C)C)C(C)(C)C)cc1. The Balaban J connectivity index is 1.31. The molecule has 9 aromatic carbocycles. The molecule has 0 amide bonds. The van der Waals surface area contributed by atoms with E-state index in [-0.39, 0.29) is 21.7 Å². The van der Waals surface area contributed by atoms with Crippen LogP contribution in [0.4, 0.5) is 34.1 Å². The molecule has 1 aliphatic rings. The van der Waals surface area contributed by atoms with E-state index in [0.29, 0.717) is 0 Å². The molecule has 0 atom stereocenters. The molecule has 0 bridgehead atoms.